The van der Waals surface area contributed by atoms with Crippen LogP contribution in [-0.2, 0) is 11.2 Å². The van der Waals surface area contributed by atoms with Gasteiger partial charge in [0.15, 0.2) is 0 Å². The van der Waals surface area contributed by atoms with Crippen molar-refractivity contribution in [1.82, 2.24) is 10.2 Å². The second-order valence-electron chi connectivity index (χ2n) is 4.33. The summed E-state index contributed by atoms with van der Waals surface area (Å²) in [6.45, 7) is 0. The Labute approximate surface area is 118 Å². The van der Waals surface area contributed by atoms with Gasteiger partial charge >= 0.3 is 5.97 Å². The third-order valence-electron chi connectivity index (χ3n) is 3.09. The molecule has 5 nitrogen and oxygen atoms in total. The van der Waals surface area contributed by atoms with Gasteiger partial charge in [-0.05, 0) is 36.3 Å². The lowest BCUT2D eigenvalue weighted by atomic mass is 9.88. The second-order valence-corrected chi connectivity index (χ2v) is 6.26. The summed E-state index contributed by atoms with van der Waals surface area (Å²) >= 11 is 2.83. The van der Waals surface area contributed by atoms with Crippen molar-refractivity contribution in [3.8, 4) is 0 Å². The van der Waals surface area contributed by atoms with Crippen LogP contribution < -0.4 is 0 Å². The molecule has 1 unspecified atom stereocenters. The standard InChI is InChI=1S/C12H12N2O3S2/c15-10(16)6-19-12-14-13-11(17-12)8-2-1-3-9-7(8)4-5-18-9/h4-5,8H,1-3,6H2,(H,15,16). The lowest BCUT2D eigenvalue weighted by Gasteiger charge is -2.18. The van der Waals surface area contributed by atoms with Gasteiger partial charge < -0.3 is 9.52 Å². The zero-order valence-corrected chi connectivity index (χ0v) is 11.7. The van der Waals surface area contributed by atoms with E-state index in [4.69, 9.17) is 9.52 Å². The van der Waals surface area contributed by atoms with Gasteiger partial charge in [-0.2, -0.15) is 0 Å². The van der Waals surface area contributed by atoms with Crippen molar-refractivity contribution in [3.63, 3.8) is 0 Å². The van der Waals surface area contributed by atoms with Gasteiger partial charge in [0.2, 0.25) is 5.89 Å². The molecule has 2 aromatic heterocycles. The van der Waals surface area contributed by atoms with Crippen LogP contribution in [0.2, 0.25) is 0 Å². The summed E-state index contributed by atoms with van der Waals surface area (Å²) < 4.78 is 5.58. The van der Waals surface area contributed by atoms with E-state index in [0.717, 1.165) is 31.0 Å². The van der Waals surface area contributed by atoms with Crippen LogP contribution in [0.25, 0.3) is 0 Å². The van der Waals surface area contributed by atoms with Crippen LogP contribution in [-0.4, -0.2) is 27.0 Å². The predicted octanol–water partition coefficient (Wildman–Crippen LogP) is 2.78. The Balaban J connectivity index is 1.79. The monoisotopic (exact) mass is 296 g/mol. The smallest absolute Gasteiger partial charge is 0.314 e. The summed E-state index contributed by atoms with van der Waals surface area (Å²) in [6.07, 6.45) is 3.26. The summed E-state index contributed by atoms with van der Waals surface area (Å²) in [4.78, 5) is 11.9. The van der Waals surface area contributed by atoms with Crippen molar-refractivity contribution in [3.05, 3.63) is 27.8 Å². The Bertz CT molecular complexity index is 593. The number of fused-ring (bicyclic) bond motifs is 1. The first-order chi connectivity index (χ1) is 9.24. The SMILES string of the molecule is O=C(O)CSc1nnc(C2CCCc3sccc32)o1. The van der Waals surface area contributed by atoms with Crippen LogP contribution in [0.3, 0.4) is 0 Å². The molecule has 1 N–H and O–H groups in total. The molecular formula is C12H12N2O3S2. The summed E-state index contributed by atoms with van der Waals surface area (Å²) in [6, 6.07) is 2.12. The number of thioether (sulfide) groups is 1. The molecule has 0 spiro atoms. The van der Waals surface area contributed by atoms with Crippen molar-refractivity contribution < 1.29 is 14.3 Å². The third kappa shape index (κ3) is 2.66. The van der Waals surface area contributed by atoms with Gasteiger partial charge in [0.25, 0.3) is 5.22 Å². The number of carbonyl (C=O) groups is 1. The molecule has 0 fully saturated rings. The average Bonchev–Trinajstić information content (AvgIpc) is 3.04. The number of aromatic nitrogens is 2. The van der Waals surface area contributed by atoms with E-state index in [1.54, 1.807) is 11.3 Å². The van der Waals surface area contributed by atoms with Gasteiger partial charge in [-0.1, -0.05) is 11.8 Å². The van der Waals surface area contributed by atoms with Crippen molar-refractivity contribution in [2.75, 3.05) is 5.75 Å². The minimum absolute atomic E-state index is 0.0595. The maximum atomic E-state index is 10.5. The molecule has 2 aromatic rings. The highest BCUT2D eigenvalue weighted by Crippen LogP contribution is 2.39. The zero-order chi connectivity index (χ0) is 13.2. The Morgan fingerprint density at radius 2 is 2.47 bits per heavy atom. The van der Waals surface area contributed by atoms with E-state index in [1.165, 1.54) is 10.4 Å². The molecule has 1 atom stereocenters. The molecule has 0 aliphatic heterocycles. The summed E-state index contributed by atoms with van der Waals surface area (Å²) in [7, 11) is 0. The quantitative estimate of drug-likeness (QED) is 0.874. The lowest BCUT2D eigenvalue weighted by molar-refractivity contribution is -0.133. The Morgan fingerprint density at radius 1 is 1.58 bits per heavy atom. The Hall–Kier alpha value is -1.34. The van der Waals surface area contributed by atoms with Crippen LogP contribution in [0.4, 0.5) is 0 Å². The maximum absolute atomic E-state index is 10.5. The number of aryl methyl sites for hydroxylation is 1. The molecule has 2 heterocycles. The van der Waals surface area contributed by atoms with Gasteiger partial charge in [-0.25, -0.2) is 0 Å². The summed E-state index contributed by atoms with van der Waals surface area (Å²) in [5.41, 5.74) is 1.29. The van der Waals surface area contributed by atoms with Crippen molar-refractivity contribution >= 4 is 29.1 Å². The number of aliphatic carboxylic acids is 1. The molecule has 0 saturated carbocycles. The van der Waals surface area contributed by atoms with Gasteiger partial charge in [-0.3, -0.25) is 4.79 Å². The van der Waals surface area contributed by atoms with Crippen LogP contribution in [0.5, 0.6) is 0 Å². The van der Waals surface area contributed by atoms with E-state index < -0.39 is 5.97 Å². The van der Waals surface area contributed by atoms with E-state index in [1.807, 2.05) is 0 Å². The summed E-state index contributed by atoms with van der Waals surface area (Å²) in [5, 5.41) is 19.0. The highest BCUT2D eigenvalue weighted by atomic mass is 32.2. The van der Waals surface area contributed by atoms with Gasteiger partial charge in [-0.15, -0.1) is 21.5 Å². The summed E-state index contributed by atoms with van der Waals surface area (Å²) in [5.74, 6) is -0.174. The van der Waals surface area contributed by atoms with E-state index in [0.29, 0.717) is 11.1 Å². The van der Waals surface area contributed by atoms with Crippen molar-refractivity contribution in [2.24, 2.45) is 0 Å². The molecule has 100 valence electrons. The molecule has 0 radical (unpaired) electrons. The van der Waals surface area contributed by atoms with Crippen molar-refractivity contribution in [2.45, 2.75) is 30.4 Å². The number of nitrogens with zero attached hydrogens (tertiary/aromatic N) is 2. The number of carboxylic acid groups (broad SMARTS) is 1. The first-order valence-corrected chi connectivity index (χ1v) is 7.85. The largest absolute Gasteiger partial charge is 0.481 e. The normalized spacial score (nSPS) is 18.2. The van der Waals surface area contributed by atoms with Gasteiger partial charge in [0.1, 0.15) is 5.75 Å². The van der Waals surface area contributed by atoms with Gasteiger partial charge in [0.05, 0.1) is 5.92 Å². The third-order valence-corrected chi connectivity index (χ3v) is 4.89. The second kappa shape index (κ2) is 5.34. The molecule has 0 aromatic carbocycles. The zero-order valence-electron chi connectivity index (χ0n) is 10.0. The van der Waals surface area contributed by atoms with E-state index in [9.17, 15) is 4.79 Å². The maximum Gasteiger partial charge on any atom is 0.314 e. The predicted molar refractivity (Wildman–Crippen MR) is 71.8 cm³/mol. The van der Waals surface area contributed by atoms with E-state index in [2.05, 4.69) is 21.6 Å². The Kier molecular flexibility index (Phi) is 3.56. The number of hydrogen-bond donors (Lipinski definition) is 1. The van der Waals surface area contributed by atoms with E-state index >= 15 is 0 Å². The van der Waals surface area contributed by atoms with Gasteiger partial charge in [0, 0.05) is 4.88 Å². The van der Waals surface area contributed by atoms with Crippen LogP contribution in [0.15, 0.2) is 21.1 Å². The molecule has 19 heavy (non-hydrogen) atoms. The number of hydrogen-bond acceptors (Lipinski definition) is 6. The van der Waals surface area contributed by atoms with Crippen LogP contribution >= 0.6 is 23.1 Å². The molecule has 1 aliphatic carbocycles. The number of carboxylic acids is 1. The topological polar surface area (TPSA) is 76.2 Å². The molecule has 1 aliphatic rings. The molecular weight excluding hydrogens is 284 g/mol. The lowest BCUT2D eigenvalue weighted by Crippen LogP contribution is -2.08. The first kappa shape index (κ1) is 12.7. The highest BCUT2D eigenvalue weighted by molar-refractivity contribution is 7.99. The van der Waals surface area contributed by atoms with Crippen LogP contribution in [0.1, 0.15) is 35.1 Å². The molecule has 0 bridgehead atoms. The number of thiophene rings is 1. The fraction of sp³-hybridized carbons (Fsp3) is 0.417. The Morgan fingerprint density at radius 3 is 3.32 bits per heavy atom. The first-order valence-electron chi connectivity index (χ1n) is 5.98. The molecule has 7 heteroatoms. The minimum Gasteiger partial charge on any atom is -0.481 e. The minimum atomic E-state index is -0.887. The fourth-order valence-corrected chi connectivity index (χ4v) is 3.76. The van der Waals surface area contributed by atoms with E-state index in [-0.39, 0.29) is 11.7 Å². The highest BCUT2D eigenvalue weighted by Gasteiger charge is 2.27. The molecule has 0 amide bonds. The average molecular weight is 296 g/mol. The fourth-order valence-electron chi connectivity index (χ4n) is 2.29. The molecule has 0 saturated heterocycles. The van der Waals surface area contributed by atoms with Crippen LogP contribution in [0, 0.1) is 0 Å². The molecule has 3 rings (SSSR count). The number of rotatable bonds is 4. The van der Waals surface area contributed by atoms with Crippen molar-refractivity contribution in [1.29, 1.82) is 0 Å².